The third-order valence-electron chi connectivity index (χ3n) is 2.56. The Morgan fingerprint density at radius 3 is 2.50 bits per heavy atom. The van der Waals surface area contributed by atoms with E-state index in [-0.39, 0.29) is 12.0 Å². The average Bonchev–Trinajstić information content (AvgIpc) is 2.43. The number of ether oxygens (including phenoxy) is 3. The summed E-state index contributed by atoms with van der Waals surface area (Å²) in [6, 6.07) is 0. The lowest BCUT2D eigenvalue weighted by Gasteiger charge is -2.22. The first-order chi connectivity index (χ1) is 8.67. The molecule has 0 bridgehead atoms. The molecule has 1 heterocycles. The Kier molecular flexibility index (Phi) is 5.80. The molecule has 0 aliphatic rings. The summed E-state index contributed by atoms with van der Waals surface area (Å²) in [7, 11) is 2.97. The van der Waals surface area contributed by atoms with Gasteiger partial charge in [-0.15, -0.1) is 0 Å². The van der Waals surface area contributed by atoms with Crippen LogP contribution in [-0.2, 0) is 4.74 Å². The molecule has 1 rings (SSSR count). The van der Waals surface area contributed by atoms with Gasteiger partial charge in [-0.2, -0.15) is 4.98 Å². The highest BCUT2D eigenvalue weighted by Crippen LogP contribution is 2.27. The summed E-state index contributed by atoms with van der Waals surface area (Å²) in [6.07, 6.45) is 0.918. The zero-order chi connectivity index (χ0) is 13.5. The van der Waals surface area contributed by atoms with Crippen LogP contribution in [0.15, 0.2) is 6.20 Å². The van der Waals surface area contributed by atoms with E-state index in [1.165, 1.54) is 20.4 Å². The number of aliphatic hydroxyl groups excluding tert-OH is 1. The normalized spacial score (nSPS) is 14.1. The average molecular weight is 256 g/mol. The highest BCUT2D eigenvalue weighted by Gasteiger charge is 2.25. The Hall–Kier alpha value is -1.40. The summed E-state index contributed by atoms with van der Waals surface area (Å²) >= 11 is 0. The molecule has 102 valence electrons. The SMILES string of the molecule is CCOC(CC)C(O)c1ncc(OC)nc1OC. The quantitative estimate of drug-likeness (QED) is 0.793. The number of nitrogens with zero attached hydrogens (tertiary/aromatic N) is 2. The summed E-state index contributed by atoms with van der Waals surface area (Å²) in [5, 5.41) is 10.2. The minimum atomic E-state index is -0.872. The first-order valence-electron chi connectivity index (χ1n) is 5.92. The van der Waals surface area contributed by atoms with E-state index in [4.69, 9.17) is 14.2 Å². The van der Waals surface area contributed by atoms with Crippen LogP contribution >= 0.6 is 0 Å². The van der Waals surface area contributed by atoms with Crippen LogP contribution in [0.5, 0.6) is 11.8 Å². The molecule has 0 aliphatic carbocycles. The molecule has 2 unspecified atom stereocenters. The number of methoxy groups -OCH3 is 2. The van der Waals surface area contributed by atoms with Gasteiger partial charge in [0, 0.05) is 6.61 Å². The minimum Gasteiger partial charge on any atom is -0.480 e. The predicted molar refractivity (Wildman–Crippen MR) is 65.8 cm³/mol. The molecule has 0 saturated carbocycles. The molecule has 2 atom stereocenters. The largest absolute Gasteiger partial charge is 0.480 e. The second-order valence-electron chi connectivity index (χ2n) is 3.65. The number of hydrogen-bond donors (Lipinski definition) is 1. The minimum absolute atomic E-state index is 0.250. The van der Waals surface area contributed by atoms with Crippen LogP contribution in [0, 0.1) is 0 Å². The van der Waals surface area contributed by atoms with Crippen molar-refractivity contribution in [3.63, 3.8) is 0 Å². The monoisotopic (exact) mass is 256 g/mol. The van der Waals surface area contributed by atoms with E-state index in [9.17, 15) is 5.11 Å². The van der Waals surface area contributed by atoms with Crippen LogP contribution < -0.4 is 9.47 Å². The Balaban J connectivity index is 2.99. The molecule has 0 aliphatic heterocycles. The lowest BCUT2D eigenvalue weighted by Crippen LogP contribution is -2.23. The van der Waals surface area contributed by atoms with E-state index in [0.717, 1.165) is 0 Å². The maximum absolute atomic E-state index is 10.2. The fraction of sp³-hybridized carbons (Fsp3) is 0.667. The van der Waals surface area contributed by atoms with Crippen LogP contribution in [0.1, 0.15) is 32.1 Å². The fourth-order valence-corrected chi connectivity index (χ4v) is 1.64. The summed E-state index contributed by atoms with van der Waals surface area (Å²) in [5.41, 5.74) is 0.360. The smallest absolute Gasteiger partial charge is 0.241 e. The molecular weight excluding hydrogens is 236 g/mol. The maximum atomic E-state index is 10.2. The molecular formula is C12H20N2O4. The van der Waals surface area contributed by atoms with E-state index >= 15 is 0 Å². The molecule has 0 amide bonds. The van der Waals surface area contributed by atoms with Crippen molar-refractivity contribution in [3.8, 4) is 11.8 Å². The Labute approximate surface area is 107 Å². The second kappa shape index (κ2) is 7.13. The highest BCUT2D eigenvalue weighted by atomic mass is 16.5. The maximum Gasteiger partial charge on any atom is 0.241 e. The van der Waals surface area contributed by atoms with Crippen LogP contribution in [0.4, 0.5) is 0 Å². The number of aliphatic hydroxyl groups is 1. The summed E-state index contributed by atoms with van der Waals surface area (Å²) < 4.78 is 15.5. The molecule has 0 spiro atoms. The van der Waals surface area contributed by atoms with Gasteiger partial charge in [-0.1, -0.05) is 6.92 Å². The van der Waals surface area contributed by atoms with Crippen molar-refractivity contribution in [1.29, 1.82) is 0 Å². The Morgan fingerprint density at radius 1 is 1.28 bits per heavy atom. The van der Waals surface area contributed by atoms with Gasteiger partial charge in [-0.05, 0) is 13.3 Å². The number of rotatable bonds is 7. The van der Waals surface area contributed by atoms with E-state index in [1.807, 2.05) is 13.8 Å². The van der Waals surface area contributed by atoms with E-state index < -0.39 is 6.10 Å². The van der Waals surface area contributed by atoms with Crippen LogP contribution in [0.25, 0.3) is 0 Å². The summed E-state index contributed by atoms with van der Waals surface area (Å²) in [6.45, 7) is 4.35. The van der Waals surface area contributed by atoms with Crippen molar-refractivity contribution >= 4 is 0 Å². The molecule has 0 saturated heterocycles. The van der Waals surface area contributed by atoms with E-state index in [2.05, 4.69) is 9.97 Å². The molecule has 6 heteroatoms. The van der Waals surface area contributed by atoms with Gasteiger partial charge >= 0.3 is 0 Å². The van der Waals surface area contributed by atoms with Gasteiger partial charge in [-0.25, -0.2) is 4.98 Å². The Bertz CT molecular complexity index is 373. The first-order valence-corrected chi connectivity index (χ1v) is 5.92. The zero-order valence-corrected chi connectivity index (χ0v) is 11.2. The van der Waals surface area contributed by atoms with Crippen molar-refractivity contribution in [3.05, 3.63) is 11.9 Å². The Morgan fingerprint density at radius 2 is 2.00 bits per heavy atom. The fourth-order valence-electron chi connectivity index (χ4n) is 1.64. The topological polar surface area (TPSA) is 73.7 Å². The number of hydrogen-bond acceptors (Lipinski definition) is 6. The van der Waals surface area contributed by atoms with Gasteiger partial charge in [0.2, 0.25) is 11.8 Å². The zero-order valence-electron chi connectivity index (χ0n) is 11.2. The second-order valence-corrected chi connectivity index (χ2v) is 3.65. The highest BCUT2D eigenvalue weighted by molar-refractivity contribution is 5.25. The molecule has 1 aromatic rings. The van der Waals surface area contributed by atoms with E-state index in [0.29, 0.717) is 24.6 Å². The van der Waals surface area contributed by atoms with Gasteiger partial charge in [0.1, 0.15) is 11.8 Å². The molecule has 0 aromatic carbocycles. The third-order valence-corrected chi connectivity index (χ3v) is 2.56. The van der Waals surface area contributed by atoms with Crippen LogP contribution in [-0.4, -0.2) is 42.0 Å². The molecule has 0 fully saturated rings. The lowest BCUT2D eigenvalue weighted by molar-refractivity contribution is -0.0385. The van der Waals surface area contributed by atoms with Gasteiger partial charge < -0.3 is 19.3 Å². The summed E-state index contributed by atoms with van der Waals surface area (Å²) in [4.78, 5) is 8.21. The van der Waals surface area contributed by atoms with Crippen molar-refractivity contribution < 1.29 is 19.3 Å². The molecule has 1 N–H and O–H groups in total. The molecule has 6 nitrogen and oxygen atoms in total. The molecule has 18 heavy (non-hydrogen) atoms. The van der Waals surface area contributed by atoms with Gasteiger partial charge in [0.25, 0.3) is 0 Å². The summed E-state index contributed by atoms with van der Waals surface area (Å²) in [5.74, 6) is 0.590. The van der Waals surface area contributed by atoms with Crippen LogP contribution in [0.2, 0.25) is 0 Å². The van der Waals surface area contributed by atoms with Gasteiger partial charge in [0.15, 0.2) is 0 Å². The molecule has 1 aromatic heterocycles. The van der Waals surface area contributed by atoms with Crippen molar-refractivity contribution in [2.24, 2.45) is 0 Å². The van der Waals surface area contributed by atoms with Crippen LogP contribution in [0.3, 0.4) is 0 Å². The van der Waals surface area contributed by atoms with Crippen molar-refractivity contribution in [1.82, 2.24) is 9.97 Å². The van der Waals surface area contributed by atoms with Gasteiger partial charge in [0.05, 0.1) is 26.5 Å². The van der Waals surface area contributed by atoms with Crippen molar-refractivity contribution in [2.45, 2.75) is 32.5 Å². The van der Waals surface area contributed by atoms with E-state index in [1.54, 1.807) is 0 Å². The van der Waals surface area contributed by atoms with Gasteiger partial charge in [-0.3, -0.25) is 0 Å². The number of aromatic nitrogens is 2. The molecule has 0 radical (unpaired) electrons. The lowest BCUT2D eigenvalue weighted by atomic mass is 10.1. The standard InChI is InChI=1S/C12H20N2O4/c1-5-8(18-6-2)11(15)10-12(17-4)14-9(16-3)7-13-10/h7-8,11,15H,5-6H2,1-4H3. The predicted octanol–water partition coefficient (Wildman–Crippen LogP) is 1.34. The first kappa shape index (κ1) is 14.7. The third kappa shape index (κ3) is 3.30. The van der Waals surface area contributed by atoms with Crippen molar-refractivity contribution in [2.75, 3.05) is 20.8 Å².